The van der Waals surface area contributed by atoms with Crippen LogP contribution < -0.4 is 0 Å². The number of aryl methyl sites for hydroxylation is 1. The van der Waals surface area contributed by atoms with Gasteiger partial charge >= 0.3 is 5.97 Å². The van der Waals surface area contributed by atoms with E-state index in [4.69, 9.17) is 0 Å². The van der Waals surface area contributed by atoms with Crippen molar-refractivity contribution < 1.29 is 15.0 Å². The Labute approximate surface area is 195 Å². The van der Waals surface area contributed by atoms with Gasteiger partial charge < -0.3 is 10.2 Å². The minimum Gasteiger partial charge on any atom is -0.507 e. The molecule has 0 amide bonds. The number of nitrogens with zero attached hydrogens (tertiary/aromatic N) is 4. The van der Waals surface area contributed by atoms with Gasteiger partial charge in [-0.25, -0.2) is 0 Å². The van der Waals surface area contributed by atoms with Gasteiger partial charge in [0.25, 0.3) is 0 Å². The van der Waals surface area contributed by atoms with E-state index in [9.17, 15) is 15.0 Å². The molecule has 0 aliphatic carbocycles. The van der Waals surface area contributed by atoms with E-state index in [1.165, 1.54) is 0 Å². The number of carboxylic acid groups (broad SMARTS) is 1. The van der Waals surface area contributed by atoms with E-state index >= 15 is 0 Å². The third-order valence-electron chi connectivity index (χ3n) is 5.47. The standard InChI is InChI=1S/C26H32N4O3/c1-19(2)30(17-24-9-5-7-11-28-24)15-22-13-20(3)12-21(26(22)33)14-29(18-25(31)32)16-23-8-4-6-10-27-23/h4-13,19,33H,14-18H2,1-3H3,(H,31,32). The Morgan fingerprint density at radius 2 is 1.48 bits per heavy atom. The van der Waals surface area contributed by atoms with Crippen molar-refractivity contribution in [1.29, 1.82) is 0 Å². The summed E-state index contributed by atoms with van der Waals surface area (Å²) >= 11 is 0. The largest absolute Gasteiger partial charge is 0.507 e. The summed E-state index contributed by atoms with van der Waals surface area (Å²) in [6.45, 7) is 8.03. The molecule has 0 unspecified atom stereocenters. The zero-order valence-corrected chi connectivity index (χ0v) is 19.5. The number of aromatic nitrogens is 2. The van der Waals surface area contributed by atoms with Crippen molar-refractivity contribution in [3.63, 3.8) is 0 Å². The third-order valence-corrected chi connectivity index (χ3v) is 5.47. The topological polar surface area (TPSA) is 89.8 Å². The number of hydrogen-bond donors (Lipinski definition) is 2. The van der Waals surface area contributed by atoms with Crippen LogP contribution in [0.5, 0.6) is 5.75 Å². The molecule has 3 aromatic rings. The van der Waals surface area contributed by atoms with Crippen molar-refractivity contribution >= 4 is 5.97 Å². The van der Waals surface area contributed by atoms with Gasteiger partial charge in [0, 0.05) is 55.7 Å². The molecule has 0 radical (unpaired) electrons. The Kier molecular flexibility index (Phi) is 8.52. The van der Waals surface area contributed by atoms with Gasteiger partial charge in [-0.3, -0.25) is 24.6 Å². The fraction of sp³-hybridized carbons (Fsp3) is 0.346. The molecular weight excluding hydrogens is 416 g/mol. The molecule has 0 bridgehead atoms. The Bertz CT molecular complexity index is 1040. The molecule has 0 aliphatic rings. The molecule has 3 rings (SSSR count). The van der Waals surface area contributed by atoms with Crippen molar-refractivity contribution in [2.45, 2.75) is 53.0 Å². The first kappa shape index (κ1) is 24.4. The van der Waals surface area contributed by atoms with Crippen LogP contribution in [0.4, 0.5) is 0 Å². The van der Waals surface area contributed by atoms with Gasteiger partial charge in [-0.05, 0) is 45.0 Å². The fourth-order valence-electron chi connectivity index (χ4n) is 3.84. The van der Waals surface area contributed by atoms with Crippen LogP contribution in [0.25, 0.3) is 0 Å². The number of rotatable bonds is 11. The van der Waals surface area contributed by atoms with E-state index < -0.39 is 5.97 Å². The second kappa shape index (κ2) is 11.5. The number of pyridine rings is 2. The molecule has 1 aromatic carbocycles. The Balaban J connectivity index is 1.82. The molecule has 174 valence electrons. The minimum absolute atomic E-state index is 0.142. The lowest BCUT2D eigenvalue weighted by Crippen LogP contribution is -2.31. The maximum Gasteiger partial charge on any atom is 0.317 e. The molecule has 0 saturated carbocycles. The smallest absolute Gasteiger partial charge is 0.317 e. The minimum atomic E-state index is -0.917. The lowest BCUT2D eigenvalue weighted by molar-refractivity contribution is -0.138. The summed E-state index contributed by atoms with van der Waals surface area (Å²) in [6.07, 6.45) is 3.48. The number of benzene rings is 1. The first-order valence-electron chi connectivity index (χ1n) is 11.1. The number of aromatic hydroxyl groups is 1. The molecule has 7 heteroatoms. The molecular formula is C26H32N4O3. The van der Waals surface area contributed by atoms with E-state index in [1.807, 2.05) is 55.5 Å². The molecule has 0 aliphatic heterocycles. The van der Waals surface area contributed by atoms with E-state index in [1.54, 1.807) is 17.3 Å². The van der Waals surface area contributed by atoms with Gasteiger partial charge in [0.2, 0.25) is 0 Å². The molecule has 2 heterocycles. The first-order valence-corrected chi connectivity index (χ1v) is 11.1. The normalized spacial score (nSPS) is 11.5. The first-order chi connectivity index (χ1) is 15.8. The Morgan fingerprint density at radius 1 is 0.909 bits per heavy atom. The molecule has 2 N–H and O–H groups in total. The number of aliphatic carboxylic acids is 1. The van der Waals surface area contributed by atoms with Crippen LogP contribution >= 0.6 is 0 Å². The molecule has 0 spiro atoms. The predicted molar refractivity (Wildman–Crippen MR) is 127 cm³/mol. The van der Waals surface area contributed by atoms with Crippen LogP contribution in [0.15, 0.2) is 60.9 Å². The van der Waals surface area contributed by atoms with Crippen LogP contribution in [0, 0.1) is 6.92 Å². The highest BCUT2D eigenvalue weighted by Crippen LogP contribution is 2.28. The van der Waals surface area contributed by atoms with Crippen LogP contribution in [0.3, 0.4) is 0 Å². The van der Waals surface area contributed by atoms with Crippen LogP contribution in [0.1, 0.15) is 41.9 Å². The van der Waals surface area contributed by atoms with Gasteiger partial charge in [-0.15, -0.1) is 0 Å². The lowest BCUT2D eigenvalue weighted by atomic mass is 10.0. The summed E-state index contributed by atoms with van der Waals surface area (Å²) in [4.78, 5) is 24.2. The van der Waals surface area contributed by atoms with E-state index in [0.29, 0.717) is 31.7 Å². The third kappa shape index (κ3) is 7.37. The number of carbonyl (C=O) groups is 1. The number of phenolic OH excluding ortho intramolecular Hbond substituents is 1. The molecule has 0 saturated heterocycles. The van der Waals surface area contributed by atoms with Gasteiger partial charge in [0.15, 0.2) is 0 Å². The fourth-order valence-corrected chi connectivity index (χ4v) is 3.84. The average molecular weight is 449 g/mol. The zero-order chi connectivity index (χ0) is 23.8. The summed E-state index contributed by atoms with van der Waals surface area (Å²) in [6, 6.07) is 15.6. The number of phenols is 1. The van der Waals surface area contributed by atoms with Crippen molar-refractivity contribution in [1.82, 2.24) is 19.8 Å². The summed E-state index contributed by atoms with van der Waals surface area (Å²) in [5.41, 5.74) is 4.31. The summed E-state index contributed by atoms with van der Waals surface area (Å²) in [5, 5.41) is 20.5. The summed E-state index contributed by atoms with van der Waals surface area (Å²) in [5.74, 6) is -0.705. The predicted octanol–water partition coefficient (Wildman–Crippen LogP) is 3.99. The Hall–Kier alpha value is -3.29. The monoisotopic (exact) mass is 448 g/mol. The zero-order valence-electron chi connectivity index (χ0n) is 19.5. The number of carboxylic acids is 1. The van der Waals surface area contributed by atoms with Gasteiger partial charge in [0.1, 0.15) is 5.75 Å². The quantitative estimate of drug-likeness (QED) is 0.458. The maximum absolute atomic E-state index is 11.5. The SMILES string of the molecule is Cc1cc(CN(CC(=O)O)Cc2ccccn2)c(O)c(CN(Cc2ccccn2)C(C)C)c1. The average Bonchev–Trinajstić information content (AvgIpc) is 2.77. The van der Waals surface area contributed by atoms with Crippen molar-refractivity contribution in [3.8, 4) is 5.75 Å². The highest BCUT2D eigenvalue weighted by molar-refractivity contribution is 5.69. The molecule has 2 aromatic heterocycles. The lowest BCUT2D eigenvalue weighted by Gasteiger charge is -2.27. The molecule has 0 fully saturated rings. The number of hydrogen-bond acceptors (Lipinski definition) is 6. The summed E-state index contributed by atoms with van der Waals surface area (Å²) < 4.78 is 0. The van der Waals surface area contributed by atoms with E-state index in [2.05, 4.69) is 28.7 Å². The highest BCUT2D eigenvalue weighted by atomic mass is 16.4. The maximum atomic E-state index is 11.5. The molecule has 0 atom stereocenters. The van der Waals surface area contributed by atoms with E-state index in [-0.39, 0.29) is 18.3 Å². The second-order valence-electron chi connectivity index (χ2n) is 8.61. The highest BCUT2D eigenvalue weighted by Gasteiger charge is 2.19. The van der Waals surface area contributed by atoms with E-state index in [0.717, 1.165) is 22.5 Å². The molecule has 33 heavy (non-hydrogen) atoms. The van der Waals surface area contributed by atoms with Crippen molar-refractivity contribution in [2.75, 3.05) is 6.54 Å². The van der Waals surface area contributed by atoms with Gasteiger partial charge in [-0.1, -0.05) is 29.8 Å². The van der Waals surface area contributed by atoms with Crippen LogP contribution in [0.2, 0.25) is 0 Å². The molecule has 7 nitrogen and oxygen atoms in total. The van der Waals surface area contributed by atoms with Crippen molar-refractivity contribution in [3.05, 3.63) is 89.0 Å². The van der Waals surface area contributed by atoms with Crippen LogP contribution in [-0.4, -0.2) is 48.5 Å². The van der Waals surface area contributed by atoms with Crippen LogP contribution in [-0.2, 0) is 31.0 Å². The Morgan fingerprint density at radius 3 is 2.00 bits per heavy atom. The van der Waals surface area contributed by atoms with Crippen molar-refractivity contribution in [2.24, 2.45) is 0 Å². The second-order valence-corrected chi connectivity index (χ2v) is 8.61. The van der Waals surface area contributed by atoms with Gasteiger partial charge in [0.05, 0.1) is 17.9 Å². The van der Waals surface area contributed by atoms with Gasteiger partial charge in [-0.2, -0.15) is 0 Å². The summed E-state index contributed by atoms with van der Waals surface area (Å²) in [7, 11) is 0.